The number of aromatic carboxylic acids is 2. The van der Waals surface area contributed by atoms with Gasteiger partial charge in [0, 0.05) is 11.8 Å². The number of hydrogen-bond acceptors (Lipinski definition) is 20. The molecule has 2 heterocycles. The summed E-state index contributed by atoms with van der Waals surface area (Å²) in [7, 11) is 0. The summed E-state index contributed by atoms with van der Waals surface area (Å²) in [6.45, 7) is -1.82. The summed E-state index contributed by atoms with van der Waals surface area (Å²) in [5.74, 6) is -15.0. The van der Waals surface area contributed by atoms with Crippen LogP contribution in [0, 0.1) is 0 Å². The molecule has 0 spiro atoms. The molecule has 2 fully saturated rings. The van der Waals surface area contributed by atoms with E-state index < -0.39 is 173 Å². The van der Waals surface area contributed by atoms with E-state index >= 15 is 0 Å². The number of aromatic hydroxyl groups is 2. The zero-order valence-corrected chi connectivity index (χ0v) is 34.0. The van der Waals surface area contributed by atoms with Crippen LogP contribution in [0.15, 0.2) is 60.7 Å². The fourth-order valence-corrected chi connectivity index (χ4v) is 9.00. The van der Waals surface area contributed by atoms with Gasteiger partial charge in [0.1, 0.15) is 65.7 Å². The zero-order valence-electron chi connectivity index (χ0n) is 34.0. The van der Waals surface area contributed by atoms with Gasteiger partial charge in [-0.1, -0.05) is 24.3 Å². The van der Waals surface area contributed by atoms with Crippen LogP contribution in [0.5, 0.6) is 23.0 Å². The lowest BCUT2D eigenvalue weighted by Gasteiger charge is -2.42. The van der Waals surface area contributed by atoms with Crippen LogP contribution in [0.1, 0.15) is 86.6 Å². The summed E-state index contributed by atoms with van der Waals surface area (Å²) < 4.78 is 28.0. The van der Waals surface area contributed by atoms with Gasteiger partial charge in [-0.3, -0.25) is 9.59 Å². The molecule has 0 radical (unpaired) electrons. The van der Waals surface area contributed by atoms with Crippen LogP contribution in [0.3, 0.4) is 0 Å². The van der Waals surface area contributed by atoms with Crippen molar-refractivity contribution in [1.82, 2.24) is 0 Å². The highest BCUT2D eigenvalue weighted by atomic mass is 16.7. The lowest BCUT2D eigenvalue weighted by atomic mass is 9.63. The number of aliphatic hydroxyl groups excluding tert-OH is 7. The first kappa shape index (κ1) is 46.5. The number of phenols is 2. The van der Waals surface area contributed by atoms with Gasteiger partial charge in [-0.15, -0.1) is 0 Å². The summed E-state index contributed by atoms with van der Waals surface area (Å²) in [4.78, 5) is 78.3. The van der Waals surface area contributed by atoms with E-state index in [1.807, 2.05) is 0 Å². The molecule has 23 heteroatoms. The molecule has 2 saturated heterocycles. The largest absolute Gasteiger partial charge is 0.507 e. The van der Waals surface area contributed by atoms with E-state index in [4.69, 9.17) is 23.7 Å². The molecule has 8 rings (SSSR count). The molecule has 0 aromatic heterocycles. The minimum atomic E-state index is -2.16. The van der Waals surface area contributed by atoms with Crippen LogP contribution < -0.4 is 9.47 Å². The van der Waals surface area contributed by atoms with Crippen molar-refractivity contribution in [3.63, 3.8) is 0 Å². The van der Waals surface area contributed by atoms with Crippen LogP contribution in [0.25, 0.3) is 0 Å². The fraction of sp³-hybridized carbons (Fsp3) is 0.318. The van der Waals surface area contributed by atoms with Gasteiger partial charge in [0.25, 0.3) is 0 Å². The van der Waals surface area contributed by atoms with Gasteiger partial charge in [0.2, 0.25) is 24.1 Å². The standard InChI is InChI=1S/C44H38O23/c45-11-23-31(49)35(53)37(55)43(65-23)63-21-5-1-3-15-25(17-7-13(39(56)57)9-19(47)27(17)33(51)29(15)21)26-16-4-2-6-22(30(16)34(52)28-18(26)8-14(40(58)59)10-20(28)48)64-44-38(67-42(62)41(60)61)36(54)32(50)24(12-46)66-44/h1-10,23-26,31-32,35-38,43-50,53-55H,11-12H2,(H,56,57)(H,58,59)(H,60,61)/t23-,24-,25?,26?,31-,32-,35+,36+,37-,38-,43-,44-/m1/s1. The van der Waals surface area contributed by atoms with Crippen LogP contribution >= 0.6 is 0 Å². The number of aliphatic carboxylic acids is 1. The normalized spacial score (nSPS) is 28.5. The number of carbonyl (C=O) groups is 6. The SMILES string of the molecule is O=C(O)C(=O)O[C@H]1[C@H](Oc2cccc3c2C(=O)c2c(O)cc(C(=O)O)cc2C3C2c3cc(C(=O)O)cc(O)c3C(=O)c3c(O[C@@H]4O[C@H](CO)[C@@H](O)[C@H](O)[C@H]4O)cccc32)O[C@H](CO)[C@@H](O)[C@@H]1O. The molecule has 23 nitrogen and oxygen atoms in total. The highest BCUT2D eigenvalue weighted by molar-refractivity contribution is 6.28. The monoisotopic (exact) mass is 934 g/mol. The summed E-state index contributed by atoms with van der Waals surface area (Å²) in [6, 6.07) is 11.3. The second-order valence-corrected chi connectivity index (χ2v) is 15.9. The van der Waals surface area contributed by atoms with Crippen molar-refractivity contribution in [2.24, 2.45) is 0 Å². The second-order valence-electron chi connectivity index (χ2n) is 15.9. The maximum atomic E-state index is 14.8. The van der Waals surface area contributed by atoms with Gasteiger partial charge in [-0.2, -0.15) is 0 Å². The van der Waals surface area contributed by atoms with Crippen molar-refractivity contribution in [2.45, 2.75) is 73.2 Å². The minimum Gasteiger partial charge on any atom is -0.507 e. The molecule has 2 aliphatic heterocycles. The first-order chi connectivity index (χ1) is 31.8. The highest BCUT2D eigenvalue weighted by Crippen LogP contribution is 2.56. The van der Waals surface area contributed by atoms with Crippen LogP contribution in [0.2, 0.25) is 0 Å². The second kappa shape index (κ2) is 17.6. The Morgan fingerprint density at radius 1 is 0.537 bits per heavy atom. The predicted octanol–water partition coefficient (Wildman–Crippen LogP) is -1.46. The molecule has 67 heavy (non-hydrogen) atoms. The molecule has 4 aromatic rings. The first-order valence-electron chi connectivity index (χ1n) is 20.0. The first-order valence-corrected chi connectivity index (χ1v) is 20.0. The maximum absolute atomic E-state index is 14.8. The molecule has 12 atom stereocenters. The number of esters is 1. The number of ether oxygens (including phenoxy) is 5. The summed E-state index contributed by atoms with van der Waals surface area (Å²) in [6.07, 6.45) is -19.1. The molecule has 12 N–H and O–H groups in total. The van der Waals surface area contributed by atoms with E-state index in [0.29, 0.717) is 0 Å². The van der Waals surface area contributed by atoms with Crippen LogP contribution in [-0.4, -0.2) is 171 Å². The number of benzene rings is 4. The fourth-order valence-electron chi connectivity index (χ4n) is 9.00. The molecule has 0 saturated carbocycles. The number of carboxylic acids is 3. The molecule has 0 bridgehead atoms. The number of carbonyl (C=O) groups excluding carboxylic acids is 3. The third-order valence-corrected chi connectivity index (χ3v) is 12.1. The summed E-state index contributed by atoms with van der Waals surface area (Å²) in [5, 5.41) is 126. The Labute approximate surface area is 374 Å². The quantitative estimate of drug-likeness (QED) is 0.0638. The summed E-state index contributed by atoms with van der Waals surface area (Å²) in [5.41, 5.74) is -3.67. The molecule has 4 aliphatic rings. The van der Waals surface area contributed by atoms with E-state index in [1.54, 1.807) is 0 Å². The molecule has 2 unspecified atom stereocenters. The van der Waals surface area contributed by atoms with E-state index in [-0.39, 0.29) is 27.8 Å². The number of rotatable bonds is 10. The molecule has 4 aromatic carbocycles. The lowest BCUT2D eigenvalue weighted by Crippen LogP contribution is -2.61. The number of aliphatic hydroxyl groups is 7. The van der Waals surface area contributed by atoms with Crippen LogP contribution in [0.4, 0.5) is 0 Å². The van der Waals surface area contributed by atoms with Crippen molar-refractivity contribution in [3.05, 3.63) is 116 Å². The van der Waals surface area contributed by atoms with E-state index in [1.165, 1.54) is 30.3 Å². The Morgan fingerprint density at radius 2 is 0.970 bits per heavy atom. The summed E-state index contributed by atoms with van der Waals surface area (Å²) >= 11 is 0. The van der Waals surface area contributed by atoms with Crippen molar-refractivity contribution in [1.29, 1.82) is 0 Å². The van der Waals surface area contributed by atoms with E-state index in [9.17, 15) is 90.0 Å². The Balaban J connectivity index is 1.37. The molecular formula is C44H38O23. The van der Waals surface area contributed by atoms with Gasteiger partial charge in [0.15, 0.2) is 6.10 Å². The minimum absolute atomic E-state index is 0.0662. The molecule has 352 valence electrons. The number of phenolic OH excluding ortho intramolecular Hbond substituents is 2. The van der Waals surface area contributed by atoms with Crippen molar-refractivity contribution < 1.29 is 114 Å². The van der Waals surface area contributed by atoms with Gasteiger partial charge >= 0.3 is 23.9 Å². The topological polar surface area (TPSA) is 391 Å². The number of ketones is 2. The zero-order chi connectivity index (χ0) is 48.5. The molecule has 2 aliphatic carbocycles. The van der Waals surface area contributed by atoms with Gasteiger partial charge < -0.3 is 85.0 Å². The van der Waals surface area contributed by atoms with E-state index in [0.717, 1.165) is 30.3 Å². The highest BCUT2D eigenvalue weighted by Gasteiger charge is 2.51. The average molecular weight is 935 g/mol. The Bertz CT molecular complexity index is 2730. The number of fused-ring (bicyclic) bond motifs is 4. The Morgan fingerprint density at radius 3 is 1.40 bits per heavy atom. The van der Waals surface area contributed by atoms with E-state index in [2.05, 4.69) is 0 Å². The number of hydrogen-bond donors (Lipinski definition) is 12. The average Bonchev–Trinajstić information content (AvgIpc) is 3.29. The molecular weight excluding hydrogens is 896 g/mol. The molecule has 0 amide bonds. The van der Waals surface area contributed by atoms with Gasteiger partial charge in [0.05, 0.1) is 46.6 Å². The smallest absolute Gasteiger partial charge is 0.417 e. The predicted molar refractivity (Wildman–Crippen MR) is 214 cm³/mol. The van der Waals surface area contributed by atoms with Gasteiger partial charge in [-0.05, 0) is 58.7 Å². The Kier molecular flexibility index (Phi) is 12.2. The number of carboxylic acid groups (broad SMARTS) is 3. The lowest BCUT2D eigenvalue weighted by molar-refractivity contribution is -0.282. The third kappa shape index (κ3) is 7.76. The third-order valence-electron chi connectivity index (χ3n) is 12.1. The van der Waals surface area contributed by atoms with Crippen LogP contribution in [-0.2, 0) is 23.8 Å². The van der Waals surface area contributed by atoms with Crippen molar-refractivity contribution in [3.8, 4) is 23.0 Å². The van der Waals surface area contributed by atoms with Crippen molar-refractivity contribution in [2.75, 3.05) is 13.2 Å². The maximum Gasteiger partial charge on any atom is 0.417 e. The van der Waals surface area contributed by atoms with Gasteiger partial charge in [-0.25, -0.2) is 19.2 Å². The Hall–Kier alpha value is -7.06. The van der Waals surface area contributed by atoms with Crippen molar-refractivity contribution >= 4 is 35.4 Å².